The molecule has 0 N–H and O–H groups in total. The monoisotopic (exact) mass is 586 g/mol. The fraction of sp³-hybridized carbons (Fsp3) is 0.500. The van der Waals surface area contributed by atoms with Gasteiger partial charge in [-0.2, -0.15) is 5.10 Å². The zero-order valence-electron chi connectivity index (χ0n) is 25.3. The quantitative estimate of drug-likeness (QED) is 0.419. The zero-order valence-corrected chi connectivity index (χ0v) is 25.3. The van der Waals surface area contributed by atoms with E-state index >= 15 is 0 Å². The van der Waals surface area contributed by atoms with E-state index in [2.05, 4.69) is 5.10 Å². The molecule has 3 aromatic rings. The van der Waals surface area contributed by atoms with Crippen LogP contribution in [0.3, 0.4) is 0 Å². The first-order valence-corrected chi connectivity index (χ1v) is 15.5. The van der Waals surface area contributed by atoms with E-state index in [0.717, 1.165) is 74.2 Å². The molecule has 43 heavy (non-hydrogen) atoms. The molecule has 0 saturated carbocycles. The number of ether oxygens (including phenoxy) is 3. The lowest BCUT2D eigenvalue weighted by Crippen LogP contribution is -2.46. The molecule has 1 spiro atoms. The Morgan fingerprint density at radius 1 is 0.977 bits per heavy atom. The van der Waals surface area contributed by atoms with Crippen LogP contribution < -0.4 is 9.47 Å². The minimum absolute atomic E-state index is 0.00262. The van der Waals surface area contributed by atoms with Gasteiger partial charge >= 0.3 is 0 Å². The maximum absolute atomic E-state index is 13.6. The van der Waals surface area contributed by atoms with Crippen LogP contribution in [0, 0.1) is 5.41 Å². The van der Waals surface area contributed by atoms with Crippen molar-refractivity contribution >= 4 is 11.8 Å². The lowest BCUT2D eigenvalue weighted by Gasteiger charge is -2.41. The third kappa shape index (κ3) is 6.42. The number of fused-ring (bicyclic) bond motifs is 3. The largest absolute Gasteiger partial charge is 0.497 e. The molecule has 1 aromatic heterocycles. The molecule has 1 atom stereocenters. The minimum Gasteiger partial charge on any atom is -0.497 e. The summed E-state index contributed by atoms with van der Waals surface area (Å²) in [6.07, 6.45) is 6.75. The van der Waals surface area contributed by atoms with E-state index in [4.69, 9.17) is 14.2 Å². The maximum Gasteiger partial charge on any atom is 0.272 e. The van der Waals surface area contributed by atoms with Gasteiger partial charge in [0.05, 0.1) is 32.1 Å². The first-order chi connectivity index (χ1) is 20.9. The summed E-state index contributed by atoms with van der Waals surface area (Å²) in [6, 6.07) is 17.3. The van der Waals surface area contributed by atoms with Crippen LogP contribution >= 0.6 is 0 Å². The number of carbonyl (C=O) groups is 2. The number of amides is 2. The Bertz CT molecular complexity index is 1430. The molecule has 3 aliphatic heterocycles. The topological polar surface area (TPSA) is 86.1 Å². The van der Waals surface area contributed by atoms with Crippen LogP contribution in [0.1, 0.15) is 65.8 Å². The number of aromatic nitrogens is 2. The molecule has 4 heterocycles. The molecule has 2 fully saturated rings. The molecule has 228 valence electrons. The van der Waals surface area contributed by atoms with Crippen molar-refractivity contribution in [3.63, 3.8) is 0 Å². The van der Waals surface area contributed by atoms with E-state index in [-0.39, 0.29) is 23.3 Å². The molecule has 3 aliphatic rings. The Kier molecular flexibility index (Phi) is 8.70. The number of benzene rings is 2. The lowest BCUT2D eigenvalue weighted by molar-refractivity contribution is 0.0326. The first kappa shape index (κ1) is 29.2. The molecule has 0 aliphatic carbocycles. The number of hydrogen-bond donors (Lipinski definition) is 0. The summed E-state index contributed by atoms with van der Waals surface area (Å²) in [5.41, 5.74) is 2.91. The molecule has 2 saturated heterocycles. The van der Waals surface area contributed by atoms with E-state index < -0.39 is 0 Å². The van der Waals surface area contributed by atoms with E-state index in [1.807, 2.05) is 71.4 Å². The van der Waals surface area contributed by atoms with E-state index in [1.165, 1.54) is 0 Å². The zero-order chi connectivity index (χ0) is 29.8. The smallest absolute Gasteiger partial charge is 0.272 e. The summed E-state index contributed by atoms with van der Waals surface area (Å²) >= 11 is 0. The van der Waals surface area contributed by atoms with Crippen LogP contribution in [0.5, 0.6) is 11.5 Å². The lowest BCUT2D eigenvalue weighted by atomic mass is 9.75. The highest BCUT2D eigenvalue weighted by atomic mass is 16.5. The standard InChI is InChI=1S/C34H42N4O5/c1-36-31(22-30(35-36)25-10-12-28(41-2)13-11-25)33(40)37-18-15-34(16-19-37)14-3-4-20-42-23-27-8-6-17-38(27)32(39)26-7-5-9-29(21-26)43-24-34/h5,7,9-13,21-22,27H,3-4,6,8,14-20,23-24H2,1-2H3/t27-/m0/s1. The molecule has 2 bridgehead atoms. The summed E-state index contributed by atoms with van der Waals surface area (Å²) < 4.78 is 19.4. The maximum atomic E-state index is 13.6. The third-order valence-corrected chi connectivity index (χ3v) is 9.42. The van der Waals surface area contributed by atoms with Gasteiger partial charge < -0.3 is 24.0 Å². The van der Waals surface area contributed by atoms with Crippen LogP contribution in [-0.2, 0) is 11.8 Å². The summed E-state index contributed by atoms with van der Waals surface area (Å²) in [7, 11) is 3.47. The second-order valence-electron chi connectivity index (χ2n) is 12.2. The number of carbonyl (C=O) groups excluding carboxylic acids is 2. The van der Waals surface area contributed by atoms with Gasteiger partial charge in [0.2, 0.25) is 0 Å². The molecule has 0 unspecified atom stereocenters. The third-order valence-electron chi connectivity index (χ3n) is 9.42. The highest BCUT2D eigenvalue weighted by Gasteiger charge is 2.37. The molecule has 9 heteroatoms. The van der Waals surface area contributed by atoms with Crippen molar-refractivity contribution in [1.29, 1.82) is 0 Å². The Morgan fingerprint density at radius 2 is 1.79 bits per heavy atom. The Morgan fingerprint density at radius 3 is 2.58 bits per heavy atom. The van der Waals surface area contributed by atoms with Gasteiger partial charge in [-0.15, -0.1) is 0 Å². The number of aryl methyl sites for hydroxylation is 1. The van der Waals surface area contributed by atoms with Gasteiger partial charge in [0.15, 0.2) is 0 Å². The van der Waals surface area contributed by atoms with E-state index in [0.29, 0.717) is 44.2 Å². The normalized spacial score (nSPS) is 21.1. The van der Waals surface area contributed by atoms with Crippen molar-refractivity contribution in [2.24, 2.45) is 12.5 Å². The molecular weight excluding hydrogens is 544 g/mol. The summed E-state index contributed by atoms with van der Waals surface area (Å²) in [5, 5.41) is 4.62. The second-order valence-corrected chi connectivity index (χ2v) is 12.2. The summed E-state index contributed by atoms with van der Waals surface area (Å²) in [4.78, 5) is 30.9. The van der Waals surface area contributed by atoms with Gasteiger partial charge in [0.25, 0.3) is 11.8 Å². The van der Waals surface area contributed by atoms with Gasteiger partial charge in [0, 0.05) is 49.8 Å². The van der Waals surface area contributed by atoms with Gasteiger partial charge in [-0.25, -0.2) is 0 Å². The molecular formula is C34H42N4O5. The Labute approximate surface area is 253 Å². The summed E-state index contributed by atoms with van der Waals surface area (Å²) in [5.74, 6) is 1.57. The van der Waals surface area contributed by atoms with E-state index in [9.17, 15) is 9.59 Å². The van der Waals surface area contributed by atoms with Gasteiger partial charge in [-0.3, -0.25) is 14.3 Å². The van der Waals surface area contributed by atoms with Crippen molar-refractivity contribution in [2.45, 2.75) is 51.0 Å². The number of piperidine rings is 1. The fourth-order valence-electron chi connectivity index (χ4n) is 6.70. The first-order valence-electron chi connectivity index (χ1n) is 15.5. The molecule has 2 amide bonds. The molecule has 0 radical (unpaired) electrons. The molecule has 2 aromatic carbocycles. The Hall–Kier alpha value is -3.85. The van der Waals surface area contributed by atoms with Gasteiger partial charge in [-0.1, -0.05) is 12.5 Å². The van der Waals surface area contributed by atoms with Crippen LogP contribution in [-0.4, -0.2) is 84.0 Å². The highest BCUT2D eigenvalue weighted by Crippen LogP contribution is 2.38. The Balaban J connectivity index is 1.14. The van der Waals surface area contributed by atoms with Crippen LogP contribution in [0.4, 0.5) is 0 Å². The van der Waals surface area contributed by atoms with Crippen molar-refractivity contribution in [2.75, 3.05) is 46.6 Å². The predicted molar refractivity (Wildman–Crippen MR) is 163 cm³/mol. The highest BCUT2D eigenvalue weighted by molar-refractivity contribution is 5.95. The number of rotatable bonds is 3. The summed E-state index contributed by atoms with van der Waals surface area (Å²) in [6.45, 7) is 3.96. The second kappa shape index (κ2) is 12.8. The molecule has 9 nitrogen and oxygen atoms in total. The number of methoxy groups -OCH3 is 1. The molecule has 6 rings (SSSR count). The minimum atomic E-state index is -0.0440. The average Bonchev–Trinajstić information content (AvgIpc) is 3.68. The van der Waals surface area contributed by atoms with Crippen molar-refractivity contribution < 1.29 is 23.8 Å². The van der Waals surface area contributed by atoms with Crippen LogP contribution in [0.25, 0.3) is 11.3 Å². The van der Waals surface area contributed by atoms with Crippen molar-refractivity contribution in [3.8, 4) is 22.8 Å². The van der Waals surface area contributed by atoms with Gasteiger partial charge in [-0.05, 0) is 87.1 Å². The average molecular weight is 587 g/mol. The van der Waals surface area contributed by atoms with Crippen molar-refractivity contribution in [1.82, 2.24) is 19.6 Å². The fourth-order valence-corrected chi connectivity index (χ4v) is 6.70. The van der Waals surface area contributed by atoms with Crippen LogP contribution in [0.15, 0.2) is 54.6 Å². The number of nitrogens with zero attached hydrogens (tertiary/aromatic N) is 4. The van der Waals surface area contributed by atoms with Gasteiger partial charge in [0.1, 0.15) is 17.2 Å². The number of hydrogen-bond acceptors (Lipinski definition) is 6. The number of likely N-dealkylation sites (tertiary alicyclic amines) is 1. The SMILES string of the molecule is COc1ccc(-c2cc(C(=O)N3CCC4(CCCCOC[C@@H]5CCCN5C(=O)c5cccc(c5)OC4)CC3)n(C)n2)cc1. The van der Waals surface area contributed by atoms with E-state index in [1.54, 1.807) is 11.8 Å². The predicted octanol–water partition coefficient (Wildman–Crippen LogP) is 5.20. The van der Waals surface area contributed by atoms with Crippen molar-refractivity contribution in [3.05, 3.63) is 65.9 Å². The van der Waals surface area contributed by atoms with Crippen LogP contribution in [0.2, 0.25) is 0 Å².